The van der Waals surface area contributed by atoms with Gasteiger partial charge in [-0.25, -0.2) is 9.97 Å². The summed E-state index contributed by atoms with van der Waals surface area (Å²) in [6.45, 7) is 12.1. The maximum Gasteiger partial charge on any atom is 0.116 e. The van der Waals surface area contributed by atoms with Crippen LogP contribution in [0.3, 0.4) is 0 Å². The zero-order valence-corrected chi connectivity index (χ0v) is 28.5. The van der Waals surface area contributed by atoms with E-state index in [1.165, 1.54) is 6.33 Å². The van der Waals surface area contributed by atoms with E-state index >= 15 is 0 Å². The zero-order chi connectivity index (χ0) is 36.4. The molecule has 5 rings (SSSR count). The number of rotatable bonds is 6. The highest BCUT2D eigenvalue weighted by Gasteiger charge is 2.39. The topological polar surface area (TPSA) is 217 Å². The molecule has 2 aliphatic rings. The predicted octanol–water partition coefficient (Wildman–Crippen LogP) is 7.08. The van der Waals surface area contributed by atoms with Gasteiger partial charge in [-0.1, -0.05) is 65.8 Å². The van der Waals surface area contributed by atoms with Gasteiger partial charge in [0.15, 0.2) is 0 Å². The lowest BCUT2D eigenvalue weighted by molar-refractivity contribution is 0.524. The van der Waals surface area contributed by atoms with Crippen LogP contribution in [-0.4, -0.2) is 32.8 Å². The van der Waals surface area contributed by atoms with Gasteiger partial charge in [0.1, 0.15) is 42.0 Å². The van der Waals surface area contributed by atoms with Crippen molar-refractivity contribution in [1.82, 2.24) is 9.97 Å². The van der Waals surface area contributed by atoms with Gasteiger partial charge < -0.3 is 10.8 Å². The Morgan fingerprint density at radius 3 is 1.26 bits per heavy atom. The van der Waals surface area contributed by atoms with Gasteiger partial charge in [0.05, 0.1) is 68.3 Å². The van der Waals surface area contributed by atoms with Gasteiger partial charge in [-0.3, -0.25) is 10.9 Å². The van der Waals surface area contributed by atoms with Gasteiger partial charge >= 0.3 is 0 Å². The number of nitrogens with zero attached hydrogens (tertiary/aromatic N) is 8. The number of hydrogen-bond acceptors (Lipinski definition) is 12. The molecule has 0 fully saturated rings. The molecule has 50 heavy (non-hydrogen) atoms. The summed E-state index contributed by atoms with van der Waals surface area (Å²) in [5.41, 5.74) is 10.4. The fraction of sp³-hybridized carbons (Fsp3) is 0.263. The van der Waals surface area contributed by atoms with Crippen molar-refractivity contribution in [1.29, 1.82) is 31.9 Å². The van der Waals surface area contributed by atoms with Gasteiger partial charge in [0, 0.05) is 0 Å². The van der Waals surface area contributed by atoms with Crippen LogP contribution in [-0.2, 0) is 0 Å². The molecule has 12 heteroatoms. The number of nitrogens with one attached hydrogen (secondary N) is 4. The number of allylic oxidation sites excluding steroid dienone is 4. The smallest absolute Gasteiger partial charge is 0.116 e. The lowest BCUT2D eigenvalue weighted by atomic mass is 9.85. The second-order valence-corrected chi connectivity index (χ2v) is 13.9. The Balaban J connectivity index is 1.51. The number of aromatic nitrogens is 2. The minimum absolute atomic E-state index is 0.184. The second kappa shape index (κ2) is 13.4. The van der Waals surface area contributed by atoms with Crippen LogP contribution < -0.4 is 10.9 Å². The van der Waals surface area contributed by atoms with Crippen LogP contribution in [0.25, 0.3) is 0 Å². The van der Waals surface area contributed by atoms with E-state index in [4.69, 9.17) is 0 Å². The zero-order valence-electron chi connectivity index (χ0n) is 28.5. The third kappa shape index (κ3) is 6.52. The van der Waals surface area contributed by atoms with E-state index in [9.17, 15) is 31.9 Å². The maximum atomic E-state index is 9.62. The predicted molar refractivity (Wildman–Crippen MR) is 192 cm³/mol. The van der Waals surface area contributed by atoms with Gasteiger partial charge in [-0.15, -0.1) is 0 Å². The number of para-hydroxylation sites is 2. The van der Waals surface area contributed by atoms with Crippen LogP contribution in [0.4, 0.5) is 11.4 Å². The summed E-state index contributed by atoms with van der Waals surface area (Å²) in [5.74, 6) is -1.15. The van der Waals surface area contributed by atoms with Crippen LogP contribution in [0.15, 0.2) is 82.3 Å². The number of anilines is 2. The highest BCUT2D eigenvalue weighted by Crippen LogP contribution is 2.40. The van der Waals surface area contributed by atoms with Gasteiger partial charge in [-0.2, -0.15) is 31.3 Å². The Morgan fingerprint density at radius 1 is 0.620 bits per heavy atom. The first-order valence-electron chi connectivity index (χ1n) is 15.7. The average molecular weight is 659 g/mol. The van der Waals surface area contributed by atoms with Crippen molar-refractivity contribution >= 4 is 34.2 Å². The SMILES string of the molecule is CC(C)(C)C1=CC(c2cc(C3C=C(C(C)(C)C)C(=NNc4c(C#N)cccc4C#N)C3=N)ncn2)C(=N)C1=NNc1c(C#N)cccc1C#N. The first kappa shape index (κ1) is 34.6. The van der Waals surface area contributed by atoms with Crippen LogP contribution in [0, 0.1) is 67.0 Å². The molecule has 246 valence electrons. The van der Waals surface area contributed by atoms with Crippen LogP contribution in [0.1, 0.15) is 87.0 Å². The Kier molecular flexibility index (Phi) is 9.26. The molecule has 0 spiro atoms. The van der Waals surface area contributed by atoms with Crippen molar-refractivity contribution in [2.45, 2.75) is 53.4 Å². The molecule has 2 unspecified atom stereocenters. The molecule has 2 aliphatic carbocycles. The summed E-state index contributed by atoms with van der Waals surface area (Å²) in [6.07, 6.45) is 5.32. The average Bonchev–Trinajstić information content (AvgIpc) is 3.62. The van der Waals surface area contributed by atoms with Crippen LogP contribution in [0.2, 0.25) is 0 Å². The highest BCUT2D eigenvalue weighted by molar-refractivity contribution is 6.52. The van der Waals surface area contributed by atoms with Crippen molar-refractivity contribution in [2.24, 2.45) is 21.0 Å². The van der Waals surface area contributed by atoms with Gasteiger partial charge in [-0.05, 0) is 52.3 Å². The first-order chi connectivity index (χ1) is 23.7. The second-order valence-electron chi connectivity index (χ2n) is 13.9. The molecular formula is C38H34N12. The number of hydrazone groups is 2. The van der Waals surface area contributed by atoms with E-state index in [0.29, 0.717) is 22.8 Å². The van der Waals surface area contributed by atoms with E-state index in [0.717, 1.165) is 11.1 Å². The molecule has 2 atom stereocenters. The van der Waals surface area contributed by atoms with Crippen molar-refractivity contribution in [3.05, 3.63) is 106 Å². The Bertz CT molecular complexity index is 2010. The van der Waals surface area contributed by atoms with E-state index in [-0.39, 0.29) is 45.1 Å². The minimum atomic E-state index is -0.573. The number of benzene rings is 2. The molecule has 1 heterocycles. The third-order valence-corrected chi connectivity index (χ3v) is 8.44. The van der Waals surface area contributed by atoms with Crippen molar-refractivity contribution in [2.75, 3.05) is 10.9 Å². The number of nitriles is 4. The van der Waals surface area contributed by atoms with E-state index in [1.54, 1.807) is 42.5 Å². The monoisotopic (exact) mass is 658 g/mol. The van der Waals surface area contributed by atoms with Crippen LogP contribution >= 0.6 is 0 Å². The highest BCUT2D eigenvalue weighted by atomic mass is 15.3. The minimum Gasteiger partial charge on any atom is -0.302 e. The molecule has 0 aliphatic heterocycles. The first-order valence-corrected chi connectivity index (χ1v) is 15.7. The normalized spacial score (nSPS) is 18.9. The summed E-state index contributed by atoms with van der Waals surface area (Å²) in [6, 6.07) is 19.8. The summed E-state index contributed by atoms with van der Waals surface area (Å²) in [4.78, 5) is 9.08. The standard InChI is InChI=1S/C38H34N12/c1-37(2,3)27-13-25(31(43)35(27)49-47-33-21(16-39)9-7-10-22(33)17-40)29-15-30(46-20-45-29)26-14-28(38(4,5)6)36(32(26)44)50-48-34-23(18-41)11-8-12-24(34)19-42/h7-15,20,25-26,43-44,47-48H,1-6H3. The Hall–Kier alpha value is -6.76. The van der Waals surface area contributed by atoms with E-state index < -0.39 is 22.7 Å². The Morgan fingerprint density at radius 2 is 0.960 bits per heavy atom. The quantitative estimate of drug-likeness (QED) is 0.200. The van der Waals surface area contributed by atoms with Crippen LogP contribution in [0.5, 0.6) is 0 Å². The number of hydrogen-bond donors (Lipinski definition) is 4. The fourth-order valence-corrected chi connectivity index (χ4v) is 5.83. The molecule has 2 aromatic carbocycles. The Labute approximate surface area is 290 Å². The molecular weight excluding hydrogens is 625 g/mol. The summed E-state index contributed by atoms with van der Waals surface area (Å²) in [5, 5.41) is 66.0. The van der Waals surface area contributed by atoms with Crippen molar-refractivity contribution < 1.29 is 0 Å². The molecule has 0 saturated carbocycles. The maximum absolute atomic E-state index is 9.62. The van der Waals surface area contributed by atoms with Gasteiger partial charge in [0.2, 0.25) is 0 Å². The summed E-state index contributed by atoms with van der Waals surface area (Å²) < 4.78 is 0. The largest absolute Gasteiger partial charge is 0.302 e. The van der Waals surface area contributed by atoms with E-state index in [2.05, 4.69) is 55.3 Å². The molecule has 0 amide bonds. The van der Waals surface area contributed by atoms with Gasteiger partial charge in [0.25, 0.3) is 0 Å². The lowest BCUT2D eigenvalue weighted by Crippen LogP contribution is -2.23. The fourth-order valence-electron chi connectivity index (χ4n) is 5.83. The molecule has 4 N–H and O–H groups in total. The van der Waals surface area contributed by atoms with E-state index in [1.807, 2.05) is 53.7 Å². The third-order valence-electron chi connectivity index (χ3n) is 8.44. The molecule has 0 radical (unpaired) electrons. The molecule has 0 bridgehead atoms. The summed E-state index contributed by atoms with van der Waals surface area (Å²) in [7, 11) is 0. The molecule has 12 nitrogen and oxygen atoms in total. The molecule has 3 aromatic rings. The van der Waals surface area contributed by atoms with Crippen molar-refractivity contribution in [3.63, 3.8) is 0 Å². The molecule has 0 saturated heterocycles. The lowest BCUT2D eigenvalue weighted by Gasteiger charge is -2.21. The molecule has 1 aromatic heterocycles. The summed E-state index contributed by atoms with van der Waals surface area (Å²) >= 11 is 0. The van der Waals surface area contributed by atoms with Crippen molar-refractivity contribution in [3.8, 4) is 24.3 Å².